The van der Waals surface area contributed by atoms with Crippen molar-refractivity contribution in [2.45, 2.75) is 6.92 Å². The molecule has 0 saturated heterocycles. The standard InChI is InChI=1S/C15H10BrFN2OS/c1-8-18-12-6-5-9(7-13(12)21-8)19-15(20)10-3-2-4-11(17)14(10)16/h2-7H,1H3,(H,19,20). The monoisotopic (exact) mass is 364 g/mol. The summed E-state index contributed by atoms with van der Waals surface area (Å²) in [7, 11) is 0. The molecule has 0 saturated carbocycles. The van der Waals surface area contributed by atoms with Crippen molar-refractivity contribution >= 4 is 49.1 Å². The van der Waals surface area contributed by atoms with E-state index >= 15 is 0 Å². The van der Waals surface area contributed by atoms with Gasteiger partial charge in [0.15, 0.2) is 0 Å². The molecule has 3 rings (SSSR count). The number of fused-ring (bicyclic) bond motifs is 1. The molecule has 0 radical (unpaired) electrons. The van der Waals surface area contributed by atoms with Gasteiger partial charge in [-0.2, -0.15) is 0 Å². The highest BCUT2D eigenvalue weighted by atomic mass is 79.9. The molecule has 0 aliphatic heterocycles. The van der Waals surface area contributed by atoms with Gasteiger partial charge in [0, 0.05) is 5.69 Å². The highest BCUT2D eigenvalue weighted by Crippen LogP contribution is 2.26. The number of nitrogens with zero attached hydrogens (tertiary/aromatic N) is 1. The van der Waals surface area contributed by atoms with E-state index in [1.165, 1.54) is 12.1 Å². The van der Waals surface area contributed by atoms with Crippen LogP contribution in [0.1, 0.15) is 15.4 Å². The van der Waals surface area contributed by atoms with Crippen molar-refractivity contribution in [1.29, 1.82) is 0 Å². The summed E-state index contributed by atoms with van der Waals surface area (Å²) in [5, 5.41) is 3.74. The molecule has 3 nitrogen and oxygen atoms in total. The summed E-state index contributed by atoms with van der Waals surface area (Å²) in [6.45, 7) is 1.94. The molecular weight excluding hydrogens is 355 g/mol. The van der Waals surface area contributed by atoms with Crippen LogP contribution in [0.5, 0.6) is 0 Å². The normalized spacial score (nSPS) is 10.8. The van der Waals surface area contributed by atoms with E-state index in [2.05, 4.69) is 26.2 Å². The summed E-state index contributed by atoms with van der Waals surface area (Å²) in [5.41, 5.74) is 1.82. The zero-order valence-electron chi connectivity index (χ0n) is 11.0. The first-order valence-corrected chi connectivity index (χ1v) is 7.78. The molecule has 3 aromatic rings. The summed E-state index contributed by atoms with van der Waals surface area (Å²) in [4.78, 5) is 16.6. The number of carbonyl (C=O) groups is 1. The minimum atomic E-state index is -0.462. The fourth-order valence-corrected chi connectivity index (χ4v) is 3.31. The van der Waals surface area contributed by atoms with Gasteiger partial charge in [0.2, 0.25) is 0 Å². The van der Waals surface area contributed by atoms with Crippen molar-refractivity contribution in [1.82, 2.24) is 4.98 Å². The minimum absolute atomic E-state index is 0.164. The van der Waals surface area contributed by atoms with Crippen molar-refractivity contribution in [2.75, 3.05) is 5.32 Å². The molecule has 1 heterocycles. The van der Waals surface area contributed by atoms with Crippen LogP contribution in [-0.2, 0) is 0 Å². The van der Waals surface area contributed by atoms with E-state index in [9.17, 15) is 9.18 Å². The van der Waals surface area contributed by atoms with Gasteiger partial charge in [0.05, 0.1) is 25.3 Å². The van der Waals surface area contributed by atoms with Crippen molar-refractivity contribution in [3.63, 3.8) is 0 Å². The molecule has 1 aromatic heterocycles. The third-order valence-electron chi connectivity index (χ3n) is 2.95. The molecule has 2 aromatic carbocycles. The van der Waals surface area contributed by atoms with Crippen molar-refractivity contribution < 1.29 is 9.18 Å². The summed E-state index contributed by atoms with van der Waals surface area (Å²) in [6.07, 6.45) is 0. The fourth-order valence-electron chi connectivity index (χ4n) is 2.00. The van der Waals surface area contributed by atoms with Crippen LogP contribution in [0, 0.1) is 12.7 Å². The number of hydrogen-bond donors (Lipinski definition) is 1. The van der Waals surface area contributed by atoms with E-state index in [0.717, 1.165) is 15.2 Å². The number of rotatable bonds is 2. The summed E-state index contributed by atoms with van der Waals surface area (Å²) in [6, 6.07) is 9.88. The molecule has 1 N–H and O–H groups in total. The van der Waals surface area contributed by atoms with E-state index in [1.54, 1.807) is 23.5 Å². The van der Waals surface area contributed by atoms with Crippen LogP contribution in [0.4, 0.5) is 10.1 Å². The van der Waals surface area contributed by atoms with Gasteiger partial charge in [-0.3, -0.25) is 4.79 Å². The Balaban J connectivity index is 1.90. The SMILES string of the molecule is Cc1nc2ccc(NC(=O)c3cccc(F)c3Br)cc2s1. The Morgan fingerprint density at radius 3 is 2.95 bits per heavy atom. The second-order valence-electron chi connectivity index (χ2n) is 4.47. The molecule has 1 amide bonds. The maximum Gasteiger partial charge on any atom is 0.256 e. The van der Waals surface area contributed by atoms with Crippen molar-refractivity contribution in [2.24, 2.45) is 0 Å². The molecule has 0 unspecified atom stereocenters. The van der Waals surface area contributed by atoms with E-state index in [1.807, 2.05) is 19.1 Å². The van der Waals surface area contributed by atoms with Crippen LogP contribution < -0.4 is 5.32 Å². The van der Waals surface area contributed by atoms with Crippen LogP contribution in [0.2, 0.25) is 0 Å². The van der Waals surface area contributed by atoms with Gasteiger partial charge in [-0.15, -0.1) is 11.3 Å². The lowest BCUT2D eigenvalue weighted by Gasteiger charge is -2.07. The fraction of sp³-hybridized carbons (Fsp3) is 0.0667. The first kappa shape index (κ1) is 14.2. The lowest BCUT2D eigenvalue weighted by atomic mass is 10.2. The number of hydrogen-bond acceptors (Lipinski definition) is 3. The molecule has 0 atom stereocenters. The van der Waals surface area contributed by atoms with Crippen molar-refractivity contribution in [3.05, 3.63) is 57.3 Å². The first-order chi connectivity index (χ1) is 10.0. The number of thiazole rings is 1. The van der Waals surface area contributed by atoms with Crippen LogP contribution in [0.15, 0.2) is 40.9 Å². The Morgan fingerprint density at radius 1 is 1.33 bits per heavy atom. The molecule has 0 aliphatic rings. The minimum Gasteiger partial charge on any atom is -0.322 e. The predicted molar refractivity (Wildman–Crippen MR) is 86.4 cm³/mol. The lowest BCUT2D eigenvalue weighted by molar-refractivity contribution is 0.102. The van der Waals surface area contributed by atoms with Crippen molar-refractivity contribution in [3.8, 4) is 0 Å². The summed E-state index contributed by atoms with van der Waals surface area (Å²) >= 11 is 4.66. The van der Waals surface area contributed by atoms with Gasteiger partial charge in [0.25, 0.3) is 5.91 Å². The Morgan fingerprint density at radius 2 is 2.14 bits per heavy atom. The Kier molecular flexibility index (Phi) is 3.73. The number of benzene rings is 2. The largest absolute Gasteiger partial charge is 0.322 e. The summed E-state index contributed by atoms with van der Waals surface area (Å²) < 4.78 is 14.6. The third-order valence-corrected chi connectivity index (χ3v) is 4.69. The summed E-state index contributed by atoms with van der Waals surface area (Å²) in [5.74, 6) is -0.821. The van der Waals surface area contributed by atoms with Gasteiger partial charge < -0.3 is 5.32 Å². The third kappa shape index (κ3) is 2.82. The molecule has 106 valence electrons. The zero-order chi connectivity index (χ0) is 15.0. The maximum absolute atomic E-state index is 13.5. The van der Waals surface area contributed by atoms with E-state index in [-0.39, 0.29) is 15.9 Å². The van der Waals surface area contributed by atoms with Gasteiger partial charge in [-0.05, 0) is 53.2 Å². The van der Waals surface area contributed by atoms with E-state index in [0.29, 0.717) is 5.69 Å². The van der Waals surface area contributed by atoms with Gasteiger partial charge in [-0.25, -0.2) is 9.37 Å². The van der Waals surface area contributed by atoms with Crippen LogP contribution in [-0.4, -0.2) is 10.9 Å². The van der Waals surface area contributed by atoms with Crippen LogP contribution in [0.25, 0.3) is 10.2 Å². The zero-order valence-corrected chi connectivity index (χ0v) is 13.4. The Hall–Kier alpha value is -1.79. The number of anilines is 1. The topological polar surface area (TPSA) is 42.0 Å². The number of carbonyl (C=O) groups excluding carboxylic acids is 1. The highest BCUT2D eigenvalue weighted by molar-refractivity contribution is 9.10. The first-order valence-electron chi connectivity index (χ1n) is 6.17. The highest BCUT2D eigenvalue weighted by Gasteiger charge is 2.13. The van der Waals surface area contributed by atoms with Crippen LogP contribution in [0.3, 0.4) is 0 Å². The average molecular weight is 365 g/mol. The molecule has 0 bridgehead atoms. The predicted octanol–water partition coefficient (Wildman–Crippen LogP) is 4.76. The maximum atomic E-state index is 13.5. The number of halogens is 2. The van der Waals surface area contributed by atoms with Gasteiger partial charge in [0.1, 0.15) is 5.82 Å². The molecule has 0 aliphatic carbocycles. The molecular formula is C15H10BrFN2OS. The molecule has 6 heteroatoms. The van der Waals surface area contributed by atoms with Crippen LogP contribution >= 0.6 is 27.3 Å². The number of aromatic nitrogens is 1. The smallest absolute Gasteiger partial charge is 0.256 e. The van der Waals surface area contributed by atoms with E-state index < -0.39 is 5.82 Å². The van der Waals surface area contributed by atoms with Gasteiger partial charge in [-0.1, -0.05) is 6.07 Å². The second-order valence-corrected chi connectivity index (χ2v) is 6.50. The van der Waals surface area contributed by atoms with E-state index in [4.69, 9.17) is 0 Å². The average Bonchev–Trinajstić information content (AvgIpc) is 2.81. The second kappa shape index (κ2) is 5.54. The number of aryl methyl sites for hydroxylation is 1. The molecule has 0 fully saturated rings. The number of nitrogens with one attached hydrogen (secondary N) is 1. The van der Waals surface area contributed by atoms with Gasteiger partial charge >= 0.3 is 0 Å². The lowest BCUT2D eigenvalue weighted by Crippen LogP contribution is -2.12. The number of amides is 1. The Bertz CT molecular complexity index is 847. The Labute approximate surface area is 133 Å². The molecule has 21 heavy (non-hydrogen) atoms. The quantitative estimate of drug-likeness (QED) is 0.712. The molecule has 0 spiro atoms.